The molecule has 2 nitrogen and oxygen atoms in total. The number of rotatable bonds is 8. The molecular weight excluding hydrogens is 534 g/mol. The van der Waals surface area contributed by atoms with E-state index in [1.54, 1.807) is 12.1 Å². The lowest BCUT2D eigenvalue weighted by atomic mass is 9.93. The average Bonchev–Trinajstić information content (AvgIpc) is 3.70. The van der Waals surface area contributed by atoms with Gasteiger partial charge in [0.05, 0.1) is 25.9 Å². The Kier molecular flexibility index (Phi) is 6.20. The minimum Gasteiger partial charge on any atom is -0.377 e. The van der Waals surface area contributed by atoms with Gasteiger partial charge in [-0.2, -0.15) is 12.1 Å². The van der Waals surface area contributed by atoms with E-state index >= 15 is 0 Å². The first kappa shape index (κ1) is 25.5. The third-order valence-electron chi connectivity index (χ3n) is 9.21. The highest BCUT2D eigenvalue weighted by Crippen LogP contribution is 2.45. The third-order valence-corrected chi connectivity index (χ3v) is 14.2. The minimum atomic E-state index is -2.27. The zero-order valence-corrected chi connectivity index (χ0v) is 24.4. The van der Waals surface area contributed by atoms with Gasteiger partial charge in [0.1, 0.15) is 5.82 Å². The van der Waals surface area contributed by atoms with Crippen molar-refractivity contribution >= 4 is 34.5 Å². The SMILES string of the molecule is Fc1ccc(-c2c(COCC[Si@@]3(c4ccccc4)c4ccccc4-[c-]4cccc43)c(C3CC3)nc3ccccc23)cc1. The van der Waals surface area contributed by atoms with Crippen molar-refractivity contribution in [2.75, 3.05) is 6.61 Å². The number of para-hydroxylation sites is 1. The number of fused-ring (bicyclic) bond motifs is 4. The Hall–Kier alpha value is -4.25. The molecule has 4 heteroatoms. The molecule has 206 valence electrons. The number of nitrogens with zero attached hydrogens (tertiary/aromatic N) is 1. The highest BCUT2D eigenvalue weighted by Gasteiger charge is 2.41. The average molecular weight is 565 g/mol. The van der Waals surface area contributed by atoms with Gasteiger partial charge in [0, 0.05) is 23.5 Å². The number of pyridine rings is 1. The monoisotopic (exact) mass is 564 g/mol. The maximum absolute atomic E-state index is 14.0. The maximum Gasteiger partial charge on any atom is 0.123 e. The van der Waals surface area contributed by atoms with Crippen molar-refractivity contribution < 1.29 is 9.13 Å². The second-order valence-corrected chi connectivity index (χ2v) is 15.6. The van der Waals surface area contributed by atoms with E-state index in [9.17, 15) is 4.39 Å². The molecule has 1 fully saturated rings. The van der Waals surface area contributed by atoms with Gasteiger partial charge in [0.15, 0.2) is 0 Å². The summed E-state index contributed by atoms with van der Waals surface area (Å²) < 4.78 is 20.7. The standard InChI is InChI=1S/C38H31FNOSi/c39-28-21-19-26(20-22-28)37-32-12-4-6-14-34(32)40-38(27-17-18-27)33(37)25-41-23-24-42(29-9-2-1-3-10-29)35-15-7-5-11-30(35)31-13-8-16-36(31)42/h1-16,19-22,27H,17-18,23-25H2/q-1/t42-/m1/s1. The first-order chi connectivity index (χ1) is 20.7. The van der Waals surface area contributed by atoms with Gasteiger partial charge in [-0.1, -0.05) is 94.8 Å². The smallest absolute Gasteiger partial charge is 0.123 e. The Balaban J connectivity index is 1.18. The van der Waals surface area contributed by atoms with Crippen molar-refractivity contribution in [1.29, 1.82) is 0 Å². The van der Waals surface area contributed by atoms with Crippen LogP contribution in [0.4, 0.5) is 4.39 Å². The lowest BCUT2D eigenvalue weighted by Crippen LogP contribution is -2.64. The van der Waals surface area contributed by atoms with Crippen molar-refractivity contribution in [3.63, 3.8) is 0 Å². The molecule has 8 rings (SSSR count). The fourth-order valence-electron chi connectivity index (χ4n) is 7.17. The van der Waals surface area contributed by atoms with Crippen LogP contribution in [0.15, 0.2) is 121 Å². The largest absolute Gasteiger partial charge is 0.377 e. The van der Waals surface area contributed by atoms with Crippen LogP contribution >= 0.6 is 0 Å². The van der Waals surface area contributed by atoms with E-state index in [1.165, 1.54) is 26.7 Å². The molecule has 1 aliphatic carbocycles. The van der Waals surface area contributed by atoms with Gasteiger partial charge in [-0.3, -0.25) is 4.98 Å². The molecular formula is C38H31FNOSi-. The molecule has 0 spiro atoms. The summed E-state index contributed by atoms with van der Waals surface area (Å²) >= 11 is 0. The van der Waals surface area contributed by atoms with Crippen LogP contribution in [0.5, 0.6) is 0 Å². The third kappa shape index (κ3) is 4.09. The van der Waals surface area contributed by atoms with Crippen LogP contribution in [0.25, 0.3) is 33.2 Å². The van der Waals surface area contributed by atoms with Crippen LogP contribution in [0.1, 0.15) is 30.0 Å². The van der Waals surface area contributed by atoms with Crippen LogP contribution in [0, 0.1) is 5.82 Å². The van der Waals surface area contributed by atoms with Crippen LogP contribution in [0.2, 0.25) is 6.04 Å². The van der Waals surface area contributed by atoms with Crippen molar-refractivity contribution in [2.24, 2.45) is 0 Å². The summed E-state index contributed by atoms with van der Waals surface area (Å²) in [6.45, 7) is 1.14. The van der Waals surface area contributed by atoms with Gasteiger partial charge < -0.3 is 4.74 Å². The van der Waals surface area contributed by atoms with E-state index in [-0.39, 0.29) is 5.82 Å². The second-order valence-electron chi connectivity index (χ2n) is 11.6. The Morgan fingerprint density at radius 1 is 0.810 bits per heavy atom. The Morgan fingerprint density at radius 3 is 2.40 bits per heavy atom. The zero-order valence-electron chi connectivity index (χ0n) is 23.4. The quantitative estimate of drug-likeness (QED) is 0.110. The summed E-state index contributed by atoms with van der Waals surface area (Å²) in [6, 6.07) is 43.1. The summed E-state index contributed by atoms with van der Waals surface area (Å²) in [6.07, 6.45) is 2.31. The van der Waals surface area contributed by atoms with Gasteiger partial charge in [-0.25, -0.2) is 4.39 Å². The molecule has 0 bridgehead atoms. The van der Waals surface area contributed by atoms with Gasteiger partial charge >= 0.3 is 0 Å². The number of halogens is 1. The summed E-state index contributed by atoms with van der Waals surface area (Å²) in [4.78, 5) is 5.17. The van der Waals surface area contributed by atoms with Crippen LogP contribution in [-0.4, -0.2) is 19.7 Å². The lowest BCUT2D eigenvalue weighted by molar-refractivity contribution is 0.133. The Morgan fingerprint density at radius 2 is 1.57 bits per heavy atom. The highest BCUT2D eigenvalue weighted by molar-refractivity contribution is 7.14. The Labute approximate surface area is 246 Å². The number of aromatic nitrogens is 1. The normalized spacial score (nSPS) is 17.4. The first-order valence-electron chi connectivity index (χ1n) is 14.9. The predicted octanol–water partition coefficient (Wildman–Crippen LogP) is 7.30. The van der Waals surface area contributed by atoms with Crippen LogP contribution < -0.4 is 15.6 Å². The zero-order chi connectivity index (χ0) is 28.1. The molecule has 6 aromatic rings. The van der Waals surface area contributed by atoms with E-state index in [1.807, 2.05) is 18.2 Å². The van der Waals surface area contributed by atoms with Crippen LogP contribution in [0.3, 0.4) is 0 Å². The molecule has 1 aliphatic heterocycles. The highest BCUT2D eigenvalue weighted by atomic mass is 28.3. The molecule has 1 saturated carbocycles. The van der Waals surface area contributed by atoms with Crippen molar-refractivity contribution in [3.8, 4) is 22.3 Å². The minimum absolute atomic E-state index is 0.225. The van der Waals surface area contributed by atoms with Gasteiger partial charge in [-0.05, 0) is 48.2 Å². The Bertz CT molecular complexity index is 1910. The van der Waals surface area contributed by atoms with E-state index < -0.39 is 8.07 Å². The van der Waals surface area contributed by atoms with Gasteiger partial charge in [0.2, 0.25) is 0 Å². The summed E-state index contributed by atoms with van der Waals surface area (Å²) in [5.41, 5.74) is 8.19. The first-order valence-corrected chi connectivity index (χ1v) is 17.1. The van der Waals surface area contributed by atoms with Crippen molar-refractivity contribution in [2.45, 2.75) is 31.4 Å². The molecule has 2 aliphatic rings. The van der Waals surface area contributed by atoms with E-state index in [0.29, 0.717) is 19.1 Å². The van der Waals surface area contributed by atoms with Crippen LogP contribution in [-0.2, 0) is 11.3 Å². The molecule has 5 aromatic carbocycles. The van der Waals surface area contributed by atoms with Gasteiger partial charge in [-0.15, -0.1) is 22.9 Å². The van der Waals surface area contributed by atoms with E-state index in [2.05, 4.69) is 91.0 Å². The molecule has 1 atom stereocenters. The second kappa shape index (κ2) is 10.2. The lowest BCUT2D eigenvalue weighted by Gasteiger charge is -2.34. The van der Waals surface area contributed by atoms with Crippen molar-refractivity contribution in [1.82, 2.24) is 4.98 Å². The number of hydrogen-bond donors (Lipinski definition) is 0. The van der Waals surface area contributed by atoms with Crippen molar-refractivity contribution in [3.05, 3.63) is 138 Å². The molecule has 0 radical (unpaired) electrons. The number of ether oxygens (including phenoxy) is 1. The number of hydrogen-bond acceptors (Lipinski definition) is 2. The fraction of sp³-hybridized carbons (Fsp3) is 0.158. The predicted molar refractivity (Wildman–Crippen MR) is 172 cm³/mol. The van der Waals surface area contributed by atoms with E-state index in [4.69, 9.17) is 9.72 Å². The number of benzene rings is 4. The summed E-state index contributed by atoms with van der Waals surface area (Å²) in [7, 11) is -2.27. The molecule has 0 N–H and O–H groups in total. The molecule has 2 heterocycles. The topological polar surface area (TPSA) is 22.1 Å². The summed E-state index contributed by atoms with van der Waals surface area (Å²) in [5, 5.41) is 5.51. The molecule has 0 unspecified atom stereocenters. The molecule has 0 saturated heterocycles. The maximum atomic E-state index is 14.0. The molecule has 42 heavy (non-hydrogen) atoms. The fourth-order valence-corrected chi connectivity index (χ4v) is 12.2. The molecule has 0 amide bonds. The van der Waals surface area contributed by atoms with Gasteiger partial charge in [0.25, 0.3) is 0 Å². The van der Waals surface area contributed by atoms with E-state index in [0.717, 1.165) is 52.2 Å². The molecule has 1 aromatic heterocycles. The summed E-state index contributed by atoms with van der Waals surface area (Å²) in [5.74, 6) is 0.239.